The number of para-hydroxylation sites is 2. The minimum atomic E-state index is 0.826. The van der Waals surface area contributed by atoms with Gasteiger partial charge in [0.25, 0.3) is 0 Å². The van der Waals surface area contributed by atoms with Crippen LogP contribution in [0.1, 0.15) is 12.8 Å². The molecule has 2 heterocycles. The number of hydrogen-bond donors (Lipinski definition) is 0. The van der Waals surface area contributed by atoms with E-state index >= 15 is 0 Å². The molecule has 2 aromatic carbocycles. The first-order valence-electron chi connectivity index (χ1n) is 11.5. The zero-order chi connectivity index (χ0) is 23.0. The van der Waals surface area contributed by atoms with Crippen LogP contribution in [0.25, 0.3) is 0 Å². The summed E-state index contributed by atoms with van der Waals surface area (Å²) in [6.07, 6.45) is 25.4. The Hall–Kier alpha value is -4.37. The van der Waals surface area contributed by atoms with Crippen molar-refractivity contribution in [2.24, 2.45) is 0 Å². The number of nitrogens with zero attached hydrogens (tertiary/aromatic N) is 1. The van der Waals surface area contributed by atoms with Crippen molar-refractivity contribution in [2.75, 3.05) is 0 Å². The molecule has 0 aromatic heterocycles. The summed E-state index contributed by atoms with van der Waals surface area (Å²) in [5.74, 6) is 1.65. The lowest BCUT2D eigenvalue weighted by atomic mass is 10.1. The van der Waals surface area contributed by atoms with Crippen molar-refractivity contribution in [3.05, 3.63) is 157 Å². The predicted molar refractivity (Wildman–Crippen MR) is 140 cm³/mol. The molecular formula is C31H26NO2+. The first-order chi connectivity index (χ1) is 16.9. The number of rotatable bonds is 4. The van der Waals surface area contributed by atoms with E-state index in [2.05, 4.69) is 77.4 Å². The first-order valence-corrected chi connectivity index (χ1v) is 11.5. The van der Waals surface area contributed by atoms with E-state index in [1.165, 1.54) is 16.9 Å². The number of benzene rings is 2. The van der Waals surface area contributed by atoms with Crippen LogP contribution >= 0.6 is 0 Å². The molecule has 34 heavy (non-hydrogen) atoms. The van der Waals surface area contributed by atoms with Gasteiger partial charge in [0.1, 0.15) is 11.5 Å². The highest BCUT2D eigenvalue weighted by Crippen LogP contribution is 2.33. The van der Waals surface area contributed by atoms with E-state index in [0.29, 0.717) is 0 Å². The van der Waals surface area contributed by atoms with E-state index in [0.717, 1.165) is 35.7 Å². The van der Waals surface area contributed by atoms with Gasteiger partial charge in [-0.1, -0.05) is 48.6 Å². The molecule has 1 saturated carbocycles. The predicted octanol–water partition coefficient (Wildman–Crippen LogP) is 7.58. The molecular weight excluding hydrogens is 418 g/mol. The maximum absolute atomic E-state index is 5.63. The second-order valence-electron chi connectivity index (χ2n) is 7.99. The Bertz CT molecular complexity index is 1210. The number of allylic oxidation sites excluding steroid dienone is 12. The van der Waals surface area contributed by atoms with Crippen LogP contribution in [0.3, 0.4) is 0 Å². The third-order valence-electron chi connectivity index (χ3n) is 5.73. The molecule has 0 amide bonds. The van der Waals surface area contributed by atoms with Crippen LogP contribution in [0.4, 0.5) is 11.4 Å². The Balaban J connectivity index is 1.68. The highest BCUT2D eigenvalue weighted by atomic mass is 16.5. The van der Waals surface area contributed by atoms with Gasteiger partial charge in [0.15, 0.2) is 0 Å². The Kier molecular flexibility index (Phi) is 6.63. The molecule has 3 aliphatic rings. The Morgan fingerprint density at radius 3 is 1.44 bits per heavy atom. The summed E-state index contributed by atoms with van der Waals surface area (Å²) in [5.41, 5.74) is 5.96. The smallest absolute Gasteiger partial charge is 0.218 e. The summed E-state index contributed by atoms with van der Waals surface area (Å²) < 4.78 is 13.6. The van der Waals surface area contributed by atoms with Gasteiger partial charge in [-0.3, -0.25) is 0 Å². The maximum Gasteiger partial charge on any atom is 0.218 e. The van der Waals surface area contributed by atoms with Crippen LogP contribution < -0.4 is 4.58 Å². The summed E-state index contributed by atoms with van der Waals surface area (Å²) in [6, 6.07) is 21.0. The molecule has 0 spiro atoms. The first kappa shape index (κ1) is 21.5. The molecule has 2 aromatic rings. The third-order valence-corrected chi connectivity index (χ3v) is 5.73. The van der Waals surface area contributed by atoms with Crippen LogP contribution in [0.2, 0.25) is 0 Å². The quantitative estimate of drug-likeness (QED) is 0.453. The van der Waals surface area contributed by atoms with Crippen LogP contribution in [0.15, 0.2) is 157 Å². The summed E-state index contributed by atoms with van der Waals surface area (Å²) in [4.78, 5) is 0. The molecule has 0 N–H and O–H groups in total. The van der Waals surface area contributed by atoms with Crippen molar-refractivity contribution in [3.63, 3.8) is 0 Å². The van der Waals surface area contributed by atoms with Gasteiger partial charge >= 0.3 is 0 Å². The van der Waals surface area contributed by atoms with Gasteiger partial charge in [0.2, 0.25) is 17.1 Å². The van der Waals surface area contributed by atoms with Crippen LogP contribution in [0, 0.1) is 0 Å². The molecule has 3 nitrogen and oxygen atoms in total. The van der Waals surface area contributed by atoms with Crippen molar-refractivity contribution in [1.82, 2.24) is 4.58 Å². The largest absolute Gasteiger partial charge is 0.465 e. The second-order valence-corrected chi connectivity index (χ2v) is 7.99. The summed E-state index contributed by atoms with van der Waals surface area (Å²) in [5, 5.41) is 0. The highest BCUT2D eigenvalue weighted by Gasteiger charge is 2.32. The van der Waals surface area contributed by atoms with E-state index in [1.54, 1.807) is 12.5 Å². The van der Waals surface area contributed by atoms with E-state index in [4.69, 9.17) is 9.47 Å². The molecule has 166 valence electrons. The Labute approximate surface area is 200 Å². The zero-order valence-electron chi connectivity index (χ0n) is 18.9. The van der Waals surface area contributed by atoms with Gasteiger partial charge in [0.05, 0.1) is 12.5 Å². The SMILES string of the molecule is C1=COC(=CC=C2CC/C(=C\C=C3/C=CC=CO3)C2=[N+](c2ccccc2)c2ccccc2)C=C1. The molecule has 1 fully saturated rings. The van der Waals surface area contributed by atoms with E-state index in [9.17, 15) is 0 Å². The monoisotopic (exact) mass is 444 g/mol. The fourth-order valence-electron chi connectivity index (χ4n) is 4.15. The lowest BCUT2D eigenvalue weighted by molar-refractivity contribution is 0.364. The van der Waals surface area contributed by atoms with Crippen molar-refractivity contribution in [3.8, 4) is 0 Å². The van der Waals surface area contributed by atoms with Gasteiger partial charge in [-0.05, 0) is 61.4 Å². The lowest BCUT2D eigenvalue weighted by Crippen LogP contribution is -2.17. The van der Waals surface area contributed by atoms with Crippen molar-refractivity contribution >= 4 is 17.1 Å². The molecule has 3 heteroatoms. The minimum Gasteiger partial charge on any atom is -0.465 e. The number of hydrogen-bond acceptors (Lipinski definition) is 2. The molecule has 0 saturated heterocycles. The van der Waals surface area contributed by atoms with E-state index in [-0.39, 0.29) is 0 Å². The van der Waals surface area contributed by atoms with E-state index < -0.39 is 0 Å². The molecule has 2 aliphatic heterocycles. The van der Waals surface area contributed by atoms with Crippen LogP contribution in [-0.2, 0) is 9.47 Å². The molecule has 0 bridgehead atoms. The van der Waals surface area contributed by atoms with E-state index in [1.807, 2.05) is 48.6 Å². The minimum absolute atomic E-state index is 0.826. The van der Waals surface area contributed by atoms with Crippen molar-refractivity contribution in [1.29, 1.82) is 0 Å². The standard InChI is InChI=1S/C31H26NO2/c1-3-11-27(12-4-1)32(28-13-5-2-6-14-28)31-25(19-21-29-15-7-9-23-33-29)17-18-26(31)20-22-30-16-8-10-24-34-30/h1-16,19-24H,17-18H2/q+1/b25-19+,26-20?,29-21+,30-22?. The molecule has 0 atom stereocenters. The fraction of sp³-hybridized carbons (Fsp3) is 0.0645. The average Bonchev–Trinajstić information content (AvgIpc) is 3.31. The summed E-state index contributed by atoms with van der Waals surface area (Å²) >= 11 is 0. The topological polar surface area (TPSA) is 21.5 Å². The van der Waals surface area contributed by atoms with Crippen molar-refractivity contribution < 1.29 is 9.47 Å². The summed E-state index contributed by atoms with van der Waals surface area (Å²) in [7, 11) is 0. The summed E-state index contributed by atoms with van der Waals surface area (Å²) in [6.45, 7) is 0. The normalized spacial score (nSPS) is 21.5. The molecule has 0 unspecified atom stereocenters. The second kappa shape index (κ2) is 10.5. The van der Waals surface area contributed by atoms with Crippen LogP contribution in [-0.4, -0.2) is 5.71 Å². The van der Waals surface area contributed by atoms with Crippen molar-refractivity contribution in [2.45, 2.75) is 12.8 Å². The van der Waals surface area contributed by atoms with Gasteiger partial charge < -0.3 is 9.47 Å². The fourth-order valence-corrected chi connectivity index (χ4v) is 4.15. The Morgan fingerprint density at radius 2 is 1.03 bits per heavy atom. The molecule has 5 rings (SSSR count). The van der Waals surface area contributed by atoms with Crippen LogP contribution in [0.5, 0.6) is 0 Å². The Morgan fingerprint density at radius 1 is 0.559 bits per heavy atom. The maximum atomic E-state index is 5.63. The molecule has 1 aliphatic carbocycles. The molecule has 0 radical (unpaired) electrons. The highest BCUT2D eigenvalue weighted by molar-refractivity contribution is 6.17. The van der Waals surface area contributed by atoms with Gasteiger partial charge in [0, 0.05) is 35.4 Å². The van der Waals surface area contributed by atoms with Gasteiger partial charge in [-0.2, -0.15) is 4.58 Å². The van der Waals surface area contributed by atoms with Gasteiger partial charge in [-0.25, -0.2) is 0 Å². The van der Waals surface area contributed by atoms with Gasteiger partial charge in [-0.15, -0.1) is 0 Å². The zero-order valence-corrected chi connectivity index (χ0v) is 18.9. The lowest BCUT2D eigenvalue weighted by Gasteiger charge is -2.09. The third kappa shape index (κ3) is 5.00. The number of ether oxygens (including phenoxy) is 2. The average molecular weight is 445 g/mol.